The van der Waals surface area contributed by atoms with Crippen LogP contribution in [0.4, 0.5) is 0 Å². The molecule has 0 fully saturated rings. The lowest BCUT2D eigenvalue weighted by molar-refractivity contribution is -0.143. The summed E-state index contributed by atoms with van der Waals surface area (Å²) in [5.41, 5.74) is 2.99. The SMILES string of the molecule is COc1ccc(Br)cc1[C@@H]1C(C(=O)OC(C)C)=C(C)N=c2s/c(=C\c3ccc(OCc4ccc(Cl)cc4)cc3)c(=O)n21. The fourth-order valence-electron chi connectivity index (χ4n) is 4.63. The summed E-state index contributed by atoms with van der Waals surface area (Å²) in [5.74, 6) is 0.715. The number of methoxy groups -OCH3 is 1. The minimum atomic E-state index is -0.786. The highest BCUT2D eigenvalue weighted by Crippen LogP contribution is 2.37. The first-order chi connectivity index (χ1) is 20.1. The molecule has 1 aliphatic rings. The van der Waals surface area contributed by atoms with Crippen LogP contribution in [0.15, 0.2) is 92.3 Å². The summed E-state index contributed by atoms with van der Waals surface area (Å²) < 4.78 is 20.0. The molecule has 0 spiro atoms. The molecule has 0 N–H and O–H groups in total. The topological polar surface area (TPSA) is 79.1 Å². The lowest BCUT2D eigenvalue weighted by Gasteiger charge is -2.26. The second-order valence-corrected chi connectivity index (χ2v) is 12.3. The first-order valence-electron chi connectivity index (χ1n) is 13.2. The first-order valence-corrected chi connectivity index (χ1v) is 15.2. The molecule has 0 saturated heterocycles. The van der Waals surface area contributed by atoms with Crippen molar-refractivity contribution >= 4 is 50.9 Å². The Hall–Kier alpha value is -3.66. The fourth-order valence-corrected chi connectivity index (χ4v) is 6.18. The van der Waals surface area contributed by atoms with Gasteiger partial charge in [-0.2, -0.15) is 0 Å². The van der Waals surface area contributed by atoms with E-state index in [0.717, 1.165) is 15.6 Å². The Morgan fingerprint density at radius 3 is 2.50 bits per heavy atom. The van der Waals surface area contributed by atoms with Crippen LogP contribution in [0.1, 0.15) is 43.5 Å². The fraction of sp³-hybridized carbons (Fsp3) is 0.219. The molecule has 1 atom stereocenters. The van der Waals surface area contributed by atoms with Gasteiger partial charge in [-0.3, -0.25) is 9.36 Å². The number of carbonyl (C=O) groups excluding carboxylic acids is 1. The molecular formula is C32H28BrClN2O5S. The van der Waals surface area contributed by atoms with Crippen molar-refractivity contribution in [2.75, 3.05) is 7.11 Å². The molecule has 0 saturated carbocycles. The van der Waals surface area contributed by atoms with Gasteiger partial charge in [-0.05, 0) is 80.4 Å². The monoisotopic (exact) mass is 666 g/mol. The van der Waals surface area contributed by atoms with Crippen molar-refractivity contribution in [1.82, 2.24) is 4.57 Å². The van der Waals surface area contributed by atoms with Gasteiger partial charge in [0.15, 0.2) is 4.80 Å². The quantitative estimate of drug-likeness (QED) is 0.210. The van der Waals surface area contributed by atoms with Crippen LogP contribution in [0.3, 0.4) is 0 Å². The van der Waals surface area contributed by atoms with Crippen molar-refractivity contribution in [3.8, 4) is 11.5 Å². The van der Waals surface area contributed by atoms with Gasteiger partial charge in [0.2, 0.25) is 0 Å². The third kappa shape index (κ3) is 6.38. The number of fused-ring (bicyclic) bond motifs is 1. The number of carbonyl (C=O) groups is 1. The van der Waals surface area contributed by atoms with Crippen LogP contribution in [0.25, 0.3) is 6.08 Å². The predicted octanol–water partition coefficient (Wildman–Crippen LogP) is 6.19. The van der Waals surface area contributed by atoms with E-state index in [-0.39, 0.29) is 11.7 Å². The summed E-state index contributed by atoms with van der Waals surface area (Å²) in [6.07, 6.45) is 1.47. The molecule has 10 heteroatoms. The zero-order valence-corrected chi connectivity index (χ0v) is 26.5. The van der Waals surface area contributed by atoms with Gasteiger partial charge in [0.25, 0.3) is 5.56 Å². The summed E-state index contributed by atoms with van der Waals surface area (Å²) in [6.45, 7) is 5.74. The zero-order valence-electron chi connectivity index (χ0n) is 23.4. The van der Waals surface area contributed by atoms with Crippen molar-refractivity contribution in [1.29, 1.82) is 0 Å². The van der Waals surface area contributed by atoms with Gasteiger partial charge in [0, 0.05) is 15.1 Å². The van der Waals surface area contributed by atoms with Crippen LogP contribution < -0.4 is 24.4 Å². The molecule has 0 unspecified atom stereocenters. The minimum Gasteiger partial charge on any atom is -0.496 e. The Labute approximate surface area is 260 Å². The van der Waals surface area contributed by atoms with Crippen LogP contribution in [0, 0.1) is 0 Å². The van der Waals surface area contributed by atoms with Gasteiger partial charge in [-0.25, -0.2) is 9.79 Å². The number of nitrogens with zero attached hydrogens (tertiary/aromatic N) is 2. The summed E-state index contributed by atoms with van der Waals surface area (Å²) >= 11 is 10.8. The molecule has 2 heterocycles. The minimum absolute atomic E-state index is 0.267. The molecule has 216 valence electrons. The lowest BCUT2D eigenvalue weighted by Crippen LogP contribution is -2.40. The van der Waals surface area contributed by atoms with Gasteiger partial charge in [-0.15, -0.1) is 0 Å². The Bertz CT molecular complexity index is 1840. The standard InChI is InChI=1S/C32H28BrClN2O5S/c1-18(2)41-31(38)28-19(3)35-32-36(29(28)25-16-22(33)9-14-26(25)39-4)30(37)27(42-32)15-20-7-12-24(13-8-20)40-17-21-5-10-23(34)11-6-21/h5-16,18,29H,17H2,1-4H3/b27-15-/t29-/m1/s1. The van der Waals surface area contributed by atoms with E-state index in [9.17, 15) is 9.59 Å². The largest absolute Gasteiger partial charge is 0.496 e. The third-order valence-corrected chi connectivity index (χ3v) is 8.30. The van der Waals surface area contributed by atoms with E-state index < -0.39 is 12.0 Å². The highest BCUT2D eigenvalue weighted by atomic mass is 79.9. The maximum Gasteiger partial charge on any atom is 0.338 e. The molecule has 7 nitrogen and oxygen atoms in total. The number of ether oxygens (including phenoxy) is 3. The molecule has 0 amide bonds. The summed E-state index contributed by atoms with van der Waals surface area (Å²) in [5, 5.41) is 0.678. The molecule has 1 aromatic heterocycles. The van der Waals surface area contributed by atoms with Crippen LogP contribution >= 0.6 is 38.9 Å². The Kier molecular flexibility index (Phi) is 9.01. The summed E-state index contributed by atoms with van der Waals surface area (Å²) in [6, 6.07) is 19.7. The van der Waals surface area contributed by atoms with E-state index in [0.29, 0.717) is 49.3 Å². The van der Waals surface area contributed by atoms with Crippen LogP contribution in [0.5, 0.6) is 11.5 Å². The number of halogens is 2. The molecule has 0 aliphatic carbocycles. The van der Waals surface area contributed by atoms with E-state index in [1.54, 1.807) is 38.5 Å². The van der Waals surface area contributed by atoms with Crippen molar-refractivity contribution in [2.24, 2.45) is 4.99 Å². The van der Waals surface area contributed by atoms with Crippen molar-refractivity contribution in [3.05, 3.63) is 124 Å². The van der Waals surface area contributed by atoms with Gasteiger partial charge in [0.05, 0.1) is 29.0 Å². The summed E-state index contributed by atoms with van der Waals surface area (Å²) in [7, 11) is 1.56. The van der Waals surface area contributed by atoms with E-state index >= 15 is 0 Å². The number of rotatable bonds is 8. The average molecular weight is 668 g/mol. The number of esters is 1. The molecule has 0 radical (unpaired) electrons. The molecule has 3 aromatic carbocycles. The van der Waals surface area contributed by atoms with Crippen LogP contribution in [-0.2, 0) is 16.1 Å². The molecular weight excluding hydrogens is 640 g/mol. The first kappa shape index (κ1) is 29.8. The van der Waals surface area contributed by atoms with Crippen LogP contribution in [0.2, 0.25) is 5.02 Å². The summed E-state index contributed by atoms with van der Waals surface area (Å²) in [4.78, 5) is 32.5. The number of hydrogen-bond acceptors (Lipinski definition) is 7. The molecule has 0 bridgehead atoms. The van der Waals surface area contributed by atoms with Gasteiger partial charge < -0.3 is 14.2 Å². The Morgan fingerprint density at radius 2 is 1.83 bits per heavy atom. The number of aromatic nitrogens is 1. The maximum absolute atomic E-state index is 14.0. The second-order valence-electron chi connectivity index (χ2n) is 9.91. The van der Waals surface area contributed by atoms with Gasteiger partial charge in [-0.1, -0.05) is 63.1 Å². The van der Waals surface area contributed by atoms with E-state index in [2.05, 4.69) is 20.9 Å². The van der Waals surface area contributed by atoms with Gasteiger partial charge in [0.1, 0.15) is 24.1 Å². The smallest absolute Gasteiger partial charge is 0.338 e. The average Bonchev–Trinajstić information content (AvgIpc) is 3.26. The van der Waals surface area contributed by atoms with Crippen molar-refractivity contribution in [2.45, 2.75) is 39.5 Å². The third-order valence-electron chi connectivity index (χ3n) is 6.57. The number of benzene rings is 3. The normalized spacial score (nSPS) is 14.9. The lowest BCUT2D eigenvalue weighted by atomic mass is 9.95. The highest BCUT2D eigenvalue weighted by Gasteiger charge is 2.35. The molecule has 42 heavy (non-hydrogen) atoms. The number of hydrogen-bond donors (Lipinski definition) is 0. The Balaban J connectivity index is 1.53. The number of thiazole rings is 1. The molecule has 4 aromatic rings. The zero-order chi connectivity index (χ0) is 30.0. The highest BCUT2D eigenvalue weighted by molar-refractivity contribution is 9.10. The van der Waals surface area contributed by atoms with Gasteiger partial charge >= 0.3 is 5.97 Å². The van der Waals surface area contributed by atoms with E-state index in [1.165, 1.54) is 11.3 Å². The maximum atomic E-state index is 14.0. The van der Waals surface area contributed by atoms with Crippen molar-refractivity contribution < 1.29 is 19.0 Å². The van der Waals surface area contributed by atoms with Crippen LogP contribution in [-0.4, -0.2) is 23.8 Å². The predicted molar refractivity (Wildman–Crippen MR) is 168 cm³/mol. The van der Waals surface area contributed by atoms with Crippen molar-refractivity contribution in [3.63, 3.8) is 0 Å². The Morgan fingerprint density at radius 1 is 1.12 bits per heavy atom. The molecule has 1 aliphatic heterocycles. The number of allylic oxidation sites excluding steroid dienone is 1. The van der Waals surface area contributed by atoms with E-state index in [1.807, 2.05) is 66.7 Å². The second kappa shape index (κ2) is 12.7. The van der Waals surface area contributed by atoms with E-state index in [4.69, 9.17) is 25.8 Å². The molecule has 5 rings (SSSR count).